The van der Waals surface area contributed by atoms with Crippen molar-refractivity contribution in [2.45, 2.75) is 487 Å². The summed E-state index contributed by atoms with van der Waals surface area (Å²) in [5.74, 6) is 0.714. The molecular weight excluding hydrogens is 1260 g/mol. The van der Waals surface area contributed by atoms with Crippen LogP contribution in [0.5, 0.6) is 0 Å². The van der Waals surface area contributed by atoms with Crippen LogP contribution in [0.2, 0.25) is 0 Å². The zero-order chi connectivity index (χ0) is 76.1. The average Bonchev–Trinajstić information content (AvgIpc) is 0.721. The van der Waals surface area contributed by atoms with Crippen molar-refractivity contribution in [3.8, 4) is 0 Å². The summed E-state index contributed by atoms with van der Waals surface area (Å²) in [5.41, 5.74) is -4.34. The van der Waals surface area contributed by atoms with Gasteiger partial charge in [-0.15, -0.1) is 0 Å². The molecule has 0 aliphatic heterocycles. The Bertz CT molecular complexity index is 2400. The first kappa shape index (κ1) is 91.8. The van der Waals surface area contributed by atoms with E-state index in [1.165, 1.54) is 167 Å². The smallest absolute Gasteiger partial charge is 0.459 e. The third-order valence-corrected chi connectivity index (χ3v) is 25.1. The highest BCUT2D eigenvalue weighted by molar-refractivity contribution is 5.78. The summed E-state index contributed by atoms with van der Waals surface area (Å²) in [6.07, 6.45) is 51.3. The van der Waals surface area contributed by atoms with Gasteiger partial charge in [-0.2, -0.15) is 0 Å². The van der Waals surface area contributed by atoms with Crippen molar-refractivity contribution in [3.63, 3.8) is 0 Å². The molecule has 0 saturated heterocycles. The molecule has 13 nitrogen and oxygen atoms in total. The Hall–Kier alpha value is -3.38. The Morgan fingerprint density at radius 3 is 0.752 bits per heavy atom. The molecule has 8 aliphatic rings. The fourth-order valence-corrected chi connectivity index (χ4v) is 15.7. The molecule has 8 fully saturated rings. The van der Waals surface area contributed by atoms with E-state index in [-0.39, 0.29) is 73.9 Å². The Labute approximate surface area is 620 Å². The van der Waals surface area contributed by atoms with Gasteiger partial charge in [-0.05, 0) is 296 Å². The van der Waals surface area contributed by atoms with Crippen molar-refractivity contribution in [2.24, 2.45) is 38.9 Å². The molecule has 101 heavy (non-hydrogen) atoms. The molecule has 8 rings (SSSR count). The highest BCUT2D eigenvalue weighted by atomic mass is 16.7. The van der Waals surface area contributed by atoms with Crippen LogP contribution in [0.4, 0.5) is 4.79 Å². The van der Waals surface area contributed by atoms with E-state index >= 15 is 0 Å². The van der Waals surface area contributed by atoms with Crippen LogP contribution in [0.25, 0.3) is 0 Å². The van der Waals surface area contributed by atoms with Crippen LogP contribution in [-0.4, -0.2) is 75.2 Å². The van der Waals surface area contributed by atoms with Crippen molar-refractivity contribution >= 4 is 36.0 Å². The largest absolute Gasteiger partial charge is 0.509 e. The van der Waals surface area contributed by atoms with E-state index in [4.69, 9.17) is 33.2 Å². The van der Waals surface area contributed by atoms with Gasteiger partial charge < -0.3 is 33.2 Å². The predicted molar refractivity (Wildman–Crippen MR) is 413 cm³/mol. The van der Waals surface area contributed by atoms with Gasteiger partial charge in [0.25, 0.3) is 0 Å². The van der Waals surface area contributed by atoms with Crippen molar-refractivity contribution in [1.29, 1.82) is 0 Å². The molecule has 2 atom stereocenters. The normalized spacial score (nSPS) is 25.2. The standard InChI is InChI=1S/C21H34O5.C19H36O2.C17H32O2.C16H30O2.C15H28O2/c1-7-19(5,6)16(22)24-20-9-14-8-15(10-20)12-21(11-14,13-20)26-17(23)25-18(2,3)4;1-5-18(2,3)17(20)21-19(4)15-13-11-9-7-6-8-10-12-14-16-19;1-5-16(2,3)15(18)19-17(4)13-11-9-7-6-8-10-12-14-17;1-5-15(3,4)14(17)18-16(6-2)12-10-8-7-9-11-13-16;1-5-14(2,3)13(16)17-15(4)11-9-7-6-8-10-12-15/h14-15H,7-13H2,1-6H3;5-16H2,1-4H3;5-14H2,1-4H3;5-13H2,1-4H3;5-12H2,1-4H3. The summed E-state index contributed by atoms with van der Waals surface area (Å²) in [5, 5.41) is 0. The molecule has 2 unspecified atom stereocenters. The second-order valence-electron chi connectivity index (χ2n) is 38.1. The first-order chi connectivity index (χ1) is 47.0. The maximum absolute atomic E-state index is 12.7. The number of carbonyl (C=O) groups is 6. The molecule has 13 heteroatoms. The minimum atomic E-state index is -0.602. The summed E-state index contributed by atoms with van der Waals surface area (Å²) in [6.45, 7) is 44.0. The molecule has 0 heterocycles. The lowest BCUT2D eigenvalue weighted by atomic mass is 9.52. The highest BCUT2D eigenvalue weighted by Gasteiger charge is 2.62. The van der Waals surface area contributed by atoms with Crippen LogP contribution in [-0.2, 0) is 57.1 Å². The molecular formula is C88H160O13. The van der Waals surface area contributed by atoms with E-state index in [1.54, 1.807) is 0 Å². The van der Waals surface area contributed by atoms with Crippen LogP contribution in [0.3, 0.4) is 0 Å². The summed E-state index contributed by atoms with van der Waals surface area (Å²) < 4.78 is 41.2. The summed E-state index contributed by atoms with van der Waals surface area (Å²) >= 11 is 0. The molecule has 0 spiro atoms. The maximum Gasteiger partial charge on any atom is 0.509 e. The third kappa shape index (κ3) is 32.3. The van der Waals surface area contributed by atoms with E-state index in [2.05, 4.69) is 48.5 Å². The molecule has 0 aromatic carbocycles. The first-order valence-electron chi connectivity index (χ1n) is 42.1. The quantitative estimate of drug-likeness (QED) is 0.0998. The van der Waals surface area contributed by atoms with Gasteiger partial charge in [0.15, 0.2) is 0 Å². The fraction of sp³-hybridized carbons (Fsp3) is 0.932. The van der Waals surface area contributed by atoms with Crippen molar-refractivity contribution in [3.05, 3.63) is 0 Å². The molecule has 590 valence electrons. The molecule has 8 aliphatic carbocycles. The fourth-order valence-electron chi connectivity index (χ4n) is 15.7. The van der Waals surface area contributed by atoms with Crippen LogP contribution in [0, 0.1) is 38.9 Å². The number of ether oxygens (including phenoxy) is 7. The minimum Gasteiger partial charge on any atom is -0.459 e. The Balaban J connectivity index is 0.000000331. The SMILES string of the molecule is CCC(C)(C)C(=O)OC1(C)CCCCCCC1.CCC(C)(C)C(=O)OC1(C)CCCCCCCCC1.CCC(C)(C)C(=O)OC1(C)CCCCCCCCCCC1.CCC(C)(C)C(=O)OC12CC3CC(CC(OC(=O)OC(C)(C)C)(C3)C1)C2.CCC1(OC(=O)C(C)(C)CC)CCCCCCC1. The van der Waals surface area contributed by atoms with Crippen LogP contribution < -0.4 is 0 Å². The third-order valence-electron chi connectivity index (χ3n) is 25.1. The van der Waals surface area contributed by atoms with Gasteiger partial charge in [0, 0.05) is 6.42 Å². The average molecular weight is 1430 g/mol. The maximum atomic E-state index is 12.7. The summed E-state index contributed by atoms with van der Waals surface area (Å²) in [6, 6.07) is 0. The van der Waals surface area contributed by atoms with E-state index in [0.717, 1.165) is 122 Å². The lowest BCUT2D eigenvalue weighted by molar-refractivity contribution is -0.230. The molecule has 0 amide bonds. The molecule has 4 bridgehead atoms. The Morgan fingerprint density at radius 1 is 0.297 bits per heavy atom. The summed E-state index contributed by atoms with van der Waals surface area (Å²) in [7, 11) is 0. The Kier molecular flexibility index (Phi) is 37.9. The number of hydrogen-bond donors (Lipinski definition) is 0. The van der Waals surface area contributed by atoms with E-state index in [1.807, 2.05) is 104 Å². The lowest BCUT2D eigenvalue weighted by Gasteiger charge is -2.60. The van der Waals surface area contributed by atoms with Crippen LogP contribution in [0.1, 0.15) is 448 Å². The monoisotopic (exact) mass is 1430 g/mol. The van der Waals surface area contributed by atoms with Gasteiger partial charge in [-0.1, -0.05) is 157 Å². The van der Waals surface area contributed by atoms with Gasteiger partial charge in [0.2, 0.25) is 0 Å². The molecule has 0 aromatic rings. The van der Waals surface area contributed by atoms with E-state index in [9.17, 15) is 28.8 Å². The van der Waals surface area contributed by atoms with Gasteiger partial charge in [0.1, 0.15) is 39.2 Å². The minimum absolute atomic E-state index is 0.00702. The van der Waals surface area contributed by atoms with Crippen LogP contribution in [0.15, 0.2) is 0 Å². The zero-order valence-corrected chi connectivity index (χ0v) is 70.0. The van der Waals surface area contributed by atoms with Crippen molar-refractivity contribution < 1.29 is 61.9 Å². The zero-order valence-electron chi connectivity index (χ0n) is 70.0. The molecule has 0 aromatic heterocycles. The van der Waals surface area contributed by atoms with Gasteiger partial charge in [-0.3, -0.25) is 24.0 Å². The second kappa shape index (κ2) is 41.7. The van der Waals surface area contributed by atoms with Gasteiger partial charge in [0.05, 0.1) is 27.1 Å². The summed E-state index contributed by atoms with van der Waals surface area (Å²) in [4.78, 5) is 74.2. The number of hydrogen-bond acceptors (Lipinski definition) is 13. The first-order valence-corrected chi connectivity index (χ1v) is 42.1. The lowest BCUT2D eigenvalue weighted by Crippen LogP contribution is -2.62. The van der Waals surface area contributed by atoms with Gasteiger partial charge in [-0.25, -0.2) is 4.79 Å². The molecule has 8 saturated carbocycles. The van der Waals surface area contributed by atoms with Crippen LogP contribution >= 0.6 is 0 Å². The second-order valence-corrected chi connectivity index (χ2v) is 38.1. The number of carbonyl (C=O) groups excluding carboxylic acids is 6. The molecule has 0 N–H and O–H groups in total. The Morgan fingerprint density at radius 2 is 0.515 bits per heavy atom. The number of esters is 5. The van der Waals surface area contributed by atoms with Crippen molar-refractivity contribution in [2.75, 3.05) is 0 Å². The molecule has 0 radical (unpaired) electrons. The van der Waals surface area contributed by atoms with Gasteiger partial charge >= 0.3 is 36.0 Å². The van der Waals surface area contributed by atoms with E-state index in [0.29, 0.717) is 18.3 Å². The topological polar surface area (TPSA) is 167 Å². The van der Waals surface area contributed by atoms with Crippen molar-refractivity contribution in [1.82, 2.24) is 0 Å². The van der Waals surface area contributed by atoms with E-state index < -0.39 is 28.4 Å². The number of rotatable bonds is 17. The predicted octanol–water partition coefficient (Wildman–Crippen LogP) is 25.6. The highest BCUT2D eigenvalue weighted by Crippen LogP contribution is 2.61.